The highest BCUT2D eigenvalue weighted by Crippen LogP contribution is 2.23. The van der Waals surface area contributed by atoms with Crippen molar-refractivity contribution in [3.05, 3.63) is 40.4 Å². The van der Waals surface area contributed by atoms with Crippen molar-refractivity contribution in [2.45, 2.75) is 13.8 Å². The van der Waals surface area contributed by atoms with Crippen molar-refractivity contribution in [1.82, 2.24) is 15.0 Å². The molecule has 6 nitrogen and oxygen atoms in total. The van der Waals surface area contributed by atoms with Crippen LogP contribution in [0.2, 0.25) is 5.02 Å². The fraction of sp³-hybridized carbons (Fsp3) is 0.167. The Balaban J connectivity index is 2.26. The third-order valence-corrected chi connectivity index (χ3v) is 2.75. The Morgan fingerprint density at radius 1 is 1.35 bits per heavy atom. The van der Waals surface area contributed by atoms with Gasteiger partial charge in [0.2, 0.25) is 5.69 Å². The van der Waals surface area contributed by atoms with Crippen LogP contribution in [0, 0.1) is 12.9 Å². The Labute approximate surface area is 118 Å². The summed E-state index contributed by atoms with van der Waals surface area (Å²) in [4.78, 5) is 23.4. The summed E-state index contributed by atoms with van der Waals surface area (Å²) >= 11 is 5.95. The number of nitrogens with one attached hydrogen (secondary N) is 1. The predicted molar refractivity (Wildman–Crippen MR) is 70.4 cm³/mol. The minimum atomic E-state index is -1.12. The second kappa shape index (κ2) is 5.38. The number of amides is 1. The van der Waals surface area contributed by atoms with Crippen molar-refractivity contribution in [1.29, 1.82) is 0 Å². The zero-order chi connectivity index (χ0) is 14.9. The van der Waals surface area contributed by atoms with E-state index in [1.165, 1.54) is 0 Å². The summed E-state index contributed by atoms with van der Waals surface area (Å²) in [6, 6.07) is 4.98. The lowest BCUT2D eigenvalue weighted by Crippen LogP contribution is -2.16. The maximum atomic E-state index is 13.4. The van der Waals surface area contributed by atoms with Gasteiger partial charge in [0, 0.05) is 6.92 Å². The van der Waals surface area contributed by atoms with Crippen molar-refractivity contribution in [3.8, 4) is 0 Å². The molecule has 0 saturated heterocycles. The topological polar surface area (TPSA) is 76.9 Å². The molecule has 8 heteroatoms. The molecule has 2 aromatic rings. The molecule has 0 spiro atoms. The standard InChI is InChI=1S/C12H10ClFN4O2/c1-6-3-4-9(8(13)5-6)15-12(20)10-11(14)17-18(16-10)7(2)19/h3-5H,1-2H3,(H,15,20). The Morgan fingerprint density at radius 3 is 2.60 bits per heavy atom. The molecule has 0 saturated carbocycles. The van der Waals surface area contributed by atoms with E-state index in [1.54, 1.807) is 18.2 Å². The minimum Gasteiger partial charge on any atom is -0.319 e. The van der Waals surface area contributed by atoms with Gasteiger partial charge >= 0.3 is 0 Å². The lowest BCUT2D eigenvalue weighted by atomic mass is 10.2. The molecule has 20 heavy (non-hydrogen) atoms. The summed E-state index contributed by atoms with van der Waals surface area (Å²) in [6.45, 7) is 2.99. The van der Waals surface area contributed by atoms with Gasteiger partial charge in [-0.2, -0.15) is 4.39 Å². The molecule has 0 bridgehead atoms. The van der Waals surface area contributed by atoms with E-state index in [2.05, 4.69) is 15.5 Å². The van der Waals surface area contributed by atoms with Crippen LogP contribution in [-0.2, 0) is 0 Å². The van der Waals surface area contributed by atoms with Crippen LogP contribution in [0.4, 0.5) is 10.1 Å². The van der Waals surface area contributed by atoms with E-state index in [4.69, 9.17) is 11.6 Å². The summed E-state index contributed by atoms with van der Waals surface area (Å²) in [5.41, 5.74) is 0.664. The first-order valence-electron chi connectivity index (χ1n) is 5.60. The summed E-state index contributed by atoms with van der Waals surface area (Å²) < 4.78 is 13.4. The molecule has 1 amide bonds. The van der Waals surface area contributed by atoms with E-state index in [0.29, 0.717) is 15.5 Å². The van der Waals surface area contributed by atoms with Crippen molar-refractivity contribution in [2.75, 3.05) is 5.32 Å². The molecule has 2 rings (SSSR count). The Bertz CT molecular complexity index is 699. The maximum absolute atomic E-state index is 13.4. The van der Waals surface area contributed by atoms with E-state index < -0.39 is 23.5 Å². The fourth-order valence-corrected chi connectivity index (χ4v) is 1.75. The van der Waals surface area contributed by atoms with Gasteiger partial charge in [0.25, 0.3) is 17.8 Å². The quantitative estimate of drug-likeness (QED) is 0.922. The number of carbonyl (C=O) groups excluding carboxylic acids is 2. The molecular formula is C12H10ClFN4O2. The number of rotatable bonds is 2. The third kappa shape index (κ3) is 2.83. The van der Waals surface area contributed by atoms with Crippen molar-refractivity contribution < 1.29 is 14.0 Å². The van der Waals surface area contributed by atoms with E-state index in [-0.39, 0.29) is 0 Å². The molecule has 0 aliphatic heterocycles. The average Bonchev–Trinajstić information content (AvgIpc) is 2.75. The highest BCUT2D eigenvalue weighted by molar-refractivity contribution is 6.34. The van der Waals surface area contributed by atoms with Gasteiger partial charge in [0.15, 0.2) is 0 Å². The van der Waals surface area contributed by atoms with Crippen LogP contribution in [0.25, 0.3) is 0 Å². The Hall–Kier alpha value is -2.28. The van der Waals surface area contributed by atoms with E-state index >= 15 is 0 Å². The molecule has 0 unspecified atom stereocenters. The monoisotopic (exact) mass is 296 g/mol. The maximum Gasteiger partial charge on any atom is 0.281 e. The highest BCUT2D eigenvalue weighted by Gasteiger charge is 2.20. The van der Waals surface area contributed by atoms with Crippen LogP contribution in [0.1, 0.15) is 27.8 Å². The first-order chi connectivity index (χ1) is 9.38. The first-order valence-corrected chi connectivity index (χ1v) is 5.97. The number of anilines is 1. The minimum absolute atomic E-state index is 0.317. The average molecular weight is 297 g/mol. The number of benzene rings is 1. The lowest BCUT2D eigenvalue weighted by Gasteiger charge is -2.06. The number of hydrogen-bond acceptors (Lipinski definition) is 4. The molecule has 0 atom stereocenters. The molecule has 1 heterocycles. The molecule has 1 aromatic heterocycles. The molecule has 1 aromatic carbocycles. The van der Waals surface area contributed by atoms with Crippen molar-refractivity contribution in [2.24, 2.45) is 0 Å². The number of halogens is 2. The normalized spacial score (nSPS) is 10.4. The van der Waals surface area contributed by atoms with Crippen molar-refractivity contribution in [3.63, 3.8) is 0 Å². The molecule has 0 fully saturated rings. The fourth-order valence-electron chi connectivity index (χ4n) is 1.47. The van der Waals surface area contributed by atoms with Gasteiger partial charge in [-0.15, -0.1) is 15.0 Å². The molecule has 0 aliphatic rings. The molecule has 0 aliphatic carbocycles. The van der Waals surface area contributed by atoms with Gasteiger partial charge in [-0.05, 0) is 24.6 Å². The SMILES string of the molecule is CC(=O)n1nc(F)c(C(=O)Nc2ccc(C)cc2Cl)n1. The highest BCUT2D eigenvalue weighted by atomic mass is 35.5. The summed E-state index contributed by atoms with van der Waals surface area (Å²) in [5.74, 6) is -2.56. The number of aryl methyl sites for hydroxylation is 1. The van der Waals surface area contributed by atoms with E-state index in [1.807, 2.05) is 6.92 Å². The Kier molecular flexibility index (Phi) is 3.80. The van der Waals surface area contributed by atoms with Crippen LogP contribution >= 0.6 is 11.6 Å². The van der Waals surface area contributed by atoms with Gasteiger partial charge in [0.1, 0.15) is 0 Å². The van der Waals surface area contributed by atoms with Crippen LogP contribution in [0.15, 0.2) is 18.2 Å². The number of hydrogen-bond donors (Lipinski definition) is 1. The van der Waals surface area contributed by atoms with Gasteiger partial charge < -0.3 is 5.32 Å². The van der Waals surface area contributed by atoms with Crippen molar-refractivity contribution >= 4 is 29.1 Å². The van der Waals surface area contributed by atoms with Crippen LogP contribution < -0.4 is 5.32 Å². The summed E-state index contributed by atoms with van der Waals surface area (Å²) in [7, 11) is 0. The van der Waals surface area contributed by atoms with Crippen LogP contribution in [0.5, 0.6) is 0 Å². The largest absolute Gasteiger partial charge is 0.319 e. The smallest absolute Gasteiger partial charge is 0.281 e. The van der Waals surface area contributed by atoms with Gasteiger partial charge in [-0.3, -0.25) is 9.59 Å². The number of nitrogens with zero attached hydrogens (tertiary/aromatic N) is 3. The molecular weight excluding hydrogens is 287 g/mol. The molecule has 0 radical (unpaired) electrons. The zero-order valence-corrected chi connectivity index (χ0v) is 11.4. The molecule has 104 valence electrons. The second-order valence-corrected chi connectivity index (χ2v) is 4.49. The van der Waals surface area contributed by atoms with Gasteiger partial charge in [0.05, 0.1) is 10.7 Å². The summed E-state index contributed by atoms with van der Waals surface area (Å²) in [6.07, 6.45) is 0. The van der Waals surface area contributed by atoms with Crippen LogP contribution in [-0.4, -0.2) is 26.8 Å². The summed E-state index contributed by atoms with van der Waals surface area (Å²) in [5, 5.41) is 9.41. The second-order valence-electron chi connectivity index (χ2n) is 4.09. The first kappa shape index (κ1) is 14.1. The number of carbonyl (C=O) groups is 2. The zero-order valence-electron chi connectivity index (χ0n) is 10.6. The number of aromatic nitrogens is 3. The lowest BCUT2D eigenvalue weighted by molar-refractivity contribution is 0.0900. The third-order valence-electron chi connectivity index (χ3n) is 2.44. The molecule has 1 N–H and O–H groups in total. The van der Waals surface area contributed by atoms with Crippen LogP contribution in [0.3, 0.4) is 0 Å². The van der Waals surface area contributed by atoms with E-state index in [9.17, 15) is 14.0 Å². The van der Waals surface area contributed by atoms with Gasteiger partial charge in [-0.25, -0.2) is 0 Å². The van der Waals surface area contributed by atoms with E-state index in [0.717, 1.165) is 12.5 Å². The van der Waals surface area contributed by atoms with Gasteiger partial charge in [-0.1, -0.05) is 17.7 Å². The Morgan fingerprint density at radius 2 is 2.05 bits per heavy atom. The predicted octanol–water partition coefficient (Wildman–Crippen LogP) is 2.29.